The fourth-order valence-corrected chi connectivity index (χ4v) is 3.69. The first-order valence-electron chi connectivity index (χ1n) is 5.75. The van der Waals surface area contributed by atoms with Gasteiger partial charge in [0.15, 0.2) is 0 Å². The maximum absolute atomic E-state index is 12.3. The second-order valence-electron chi connectivity index (χ2n) is 4.14. The molecule has 0 saturated carbocycles. The number of aliphatic hydroxyl groups excluding tert-OH is 1. The van der Waals surface area contributed by atoms with Crippen LogP contribution in [0.25, 0.3) is 10.8 Å². The molecule has 0 aliphatic heterocycles. The molecule has 2 N–H and O–H groups in total. The zero-order chi connectivity index (χ0) is 14.8. The van der Waals surface area contributed by atoms with Crippen LogP contribution in [-0.2, 0) is 14.8 Å². The Morgan fingerprint density at radius 1 is 1.20 bits per heavy atom. The maximum Gasteiger partial charge on any atom is 0.241 e. The molecule has 0 aliphatic rings. The highest BCUT2D eigenvalue weighted by atomic mass is 79.9. The van der Waals surface area contributed by atoms with Crippen molar-refractivity contribution in [3.63, 3.8) is 0 Å². The van der Waals surface area contributed by atoms with E-state index in [2.05, 4.69) is 20.7 Å². The van der Waals surface area contributed by atoms with Crippen LogP contribution in [-0.4, -0.2) is 32.5 Å². The summed E-state index contributed by atoms with van der Waals surface area (Å²) in [6.07, 6.45) is 0.360. The molecule has 0 amide bonds. The molecule has 0 spiro atoms. The third kappa shape index (κ3) is 2.90. The first-order valence-corrected chi connectivity index (χ1v) is 8.03. The van der Waals surface area contributed by atoms with Crippen LogP contribution in [0.2, 0.25) is 0 Å². The molecule has 0 fully saturated rings. The molecule has 7 heteroatoms. The minimum Gasteiger partial charge on any atom is -0.394 e. The quantitative estimate of drug-likeness (QED) is 0.793. The van der Waals surface area contributed by atoms with Gasteiger partial charge in [-0.15, -0.1) is 0 Å². The Kier molecular flexibility index (Phi) is 4.54. The summed E-state index contributed by atoms with van der Waals surface area (Å²) >= 11 is 3.36. The smallest absolute Gasteiger partial charge is 0.241 e. The highest BCUT2D eigenvalue weighted by Gasteiger charge is 2.21. The molecule has 0 radical (unpaired) electrons. The van der Waals surface area contributed by atoms with Gasteiger partial charge in [-0.1, -0.05) is 40.2 Å². The number of fused-ring (bicyclic) bond motifs is 1. The molecule has 0 heterocycles. The van der Waals surface area contributed by atoms with E-state index in [9.17, 15) is 13.2 Å². The molecule has 0 saturated heterocycles. The van der Waals surface area contributed by atoms with E-state index < -0.39 is 22.7 Å². The molecule has 5 nitrogen and oxygen atoms in total. The Labute approximate surface area is 124 Å². The second kappa shape index (κ2) is 6.01. The highest BCUT2D eigenvalue weighted by molar-refractivity contribution is 9.10. The molecule has 1 unspecified atom stereocenters. The van der Waals surface area contributed by atoms with Gasteiger partial charge in [0.25, 0.3) is 0 Å². The summed E-state index contributed by atoms with van der Waals surface area (Å²) in [5, 5.41) is 10.2. The normalized spacial score (nSPS) is 13.3. The number of sulfonamides is 1. The third-order valence-corrected chi connectivity index (χ3v) is 5.03. The van der Waals surface area contributed by atoms with Crippen molar-refractivity contribution < 1.29 is 18.3 Å². The standard InChI is InChI=1S/C13H12BrNO4S/c14-12-5-6-13(11-4-2-1-3-10(11)12)20(18,19)15-9(7-16)8-17/h1-7,9,15,17H,8H2. The van der Waals surface area contributed by atoms with Crippen LogP contribution in [0.4, 0.5) is 0 Å². The Morgan fingerprint density at radius 3 is 2.45 bits per heavy atom. The van der Waals surface area contributed by atoms with Gasteiger partial charge in [-0.05, 0) is 17.5 Å². The van der Waals surface area contributed by atoms with Gasteiger partial charge in [0.1, 0.15) is 12.3 Å². The minimum atomic E-state index is -3.89. The molecule has 20 heavy (non-hydrogen) atoms. The molecule has 2 aromatic rings. The van der Waals surface area contributed by atoms with Gasteiger partial charge in [0.2, 0.25) is 10.0 Å². The number of carbonyl (C=O) groups excluding carboxylic acids is 1. The van der Waals surface area contributed by atoms with Gasteiger partial charge < -0.3 is 9.90 Å². The number of benzene rings is 2. The minimum absolute atomic E-state index is 0.0663. The zero-order valence-electron chi connectivity index (χ0n) is 10.3. The molecule has 0 aliphatic carbocycles. The van der Waals surface area contributed by atoms with Crippen LogP contribution < -0.4 is 4.72 Å². The van der Waals surface area contributed by atoms with E-state index in [0.29, 0.717) is 11.7 Å². The molecule has 1 atom stereocenters. The summed E-state index contributed by atoms with van der Waals surface area (Å²) in [5.41, 5.74) is 0. The molecule has 106 valence electrons. The lowest BCUT2D eigenvalue weighted by Crippen LogP contribution is -2.38. The monoisotopic (exact) mass is 357 g/mol. The summed E-state index contributed by atoms with van der Waals surface area (Å²) in [7, 11) is -3.89. The number of aldehydes is 1. The van der Waals surface area contributed by atoms with Gasteiger partial charge in [-0.25, -0.2) is 8.42 Å². The van der Waals surface area contributed by atoms with Crippen LogP contribution in [0.15, 0.2) is 45.8 Å². The van der Waals surface area contributed by atoms with Crippen LogP contribution >= 0.6 is 15.9 Å². The van der Waals surface area contributed by atoms with E-state index >= 15 is 0 Å². The number of carbonyl (C=O) groups is 1. The van der Waals surface area contributed by atoms with E-state index in [1.54, 1.807) is 30.3 Å². The third-order valence-electron chi connectivity index (χ3n) is 2.79. The van der Waals surface area contributed by atoms with Crippen LogP contribution in [0, 0.1) is 0 Å². The Morgan fingerprint density at radius 2 is 1.85 bits per heavy atom. The Balaban J connectivity index is 2.58. The Hall–Kier alpha value is -1.28. The van der Waals surface area contributed by atoms with Gasteiger partial charge in [-0.2, -0.15) is 4.72 Å². The van der Waals surface area contributed by atoms with Gasteiger partial charge >= 0.3 is 0 Å². The molecular weight excluding hydrogens is 346 g/mol. The fourth-order valence-electron chi connectivity index (χ4n) is 1.84. The first-order chi connectivity index (χ1) is 9.49. The molecule has 2 aromatic carbocycles. The van der Waals surface area contributed by atoms with Crippen LogP contribution in [0.1, 0.15) is 0 Å². The molecule has 0 aromatic heterocycles. The predicted molar refractivity (Wildman–Crippen MR) is 78.9 cm³/mol. The first kappa shape index (κ1) is 15.1. The lowest BCUT2D eigenvalue weighted by molar-refractivity contribution is -0.109. The SMILES string of the molecule is O=CC(CO)NS(=O)(=O)c1ccc(Br)c2ccccc12. The number of nitrogens with one attached hydrogen (secondary N) is 1. The van der Waals surface area contributed by atoms with Crippen molar-refractivity contribution in [2.24, 2.45) is 0 Å². The number of rotatable bonds is 5. The van der Waals surface area contributed by atoms with Gasteiger partial charge in [-0.3, -0.25) is 0 Å². The van der Waals surface area contributed by atoms with Crippen molar-refractivity contribution in [3.8, 4) is 0 Å². The molecule has 0 bridgehead atoms. The van der Waals surface area contributed by atoms with Crippen molar-refractivity contribution in [1.29, 1.82) is 0 Å². The number of hydrogen-bond donors (Lipinski definition) is 2. The molecular formula is C13H12BrNO4S. The number of halogens is 1. The topological polar surface area (TPSA) is 83.5 Å². The highest BCUT2D eigenvalue weighted by Crippen LogP contribution is 2.29. The average Bonchev–Trinajstić information content (AvgIpc) is 2.45. The lowest BCUT2D eigenvalue weighted by atomic mass is 10.1. The van der Waals surface area contributed by atoms with E-state index in [-0.39, 0.29) is 4.90 Å². The summed E-state index contributed by atoms with van der Waals surface area (Å²) in [5.74, 6) is 0. The van der Waals surface area contributed by atoms with E-state index in [0.717, 1.165) is 9.86 Å². The maximum atomic E-state index is 12.3. The van der Waals surface area contributed by atoms with Crippen molar-refractivity contribution in [1.82, 2.24) is 4.72 Å². The van der Waals surface area contributed by atoms with E-state index in [1.807, 2.05) is 0 Å². The number of aliphatic hydroxyl groups is 1. The summed E-state index contributed by atoms with van der Waals surface area (Å²) < 4.78 is 27.5. The molecule has 2 rings (SSSR count). The fraction of sp³-hybridized carbons (Fsp3) is 0.154. The van der Waals surface area contributed by atoms with Crippen molar-refractivity contribution in [2.75, 3.05) is 6.61 Å². The predicted octanol–water partition coefficient (Wildman–Crippen LogP) is 1.44. The second-order valence-corrected chi connectivity index (χ2v) is 6.67. The largest absolute Gasteiger partial charge is 0.394 e. The van der Waals surface area contributed by atoms with Crippen molar-refractivity contribution >= 4 is 43.0 Å². The summed E-state index contributed by atoms with van der Waals surface area (Å²) in [4.78, 5) is 10.7. The van der Waals surface area contributed by atoms with E-state index in [1.165, 1.54) is 6.07 Å². The zero-order valence-corrected chi connectivity index (χ0v) is 12.7. The van der Waals surface area contributed by atoms with E-state index in [4.69, 9.17) is 5.11 Å². The van der Waals surface area contributed by atoms with Gasteiger partial charge in [0, 0.05) is 9.86 Å². The van der Waals surface area contributed by atoms with Gasteiger partial charge in [0.05, 0.1) is 11.5 Å². The summed E-state index contributed by atoms with van der Waals surface area (Å²) in [6, 6.07) is 8.95. The van der Waals surface area contributed by atoms with Crippen LogP contribution in [0.3, 0.4) is 0 Å². The van der Waals surface area contributed by atoms with Crippen molar-refractivity contribution in [3.05, 3.63) is 40.9 Å². The van der Waals surface area contributed by atoms with Crippen molar-refractivity contribution in [2.45, 2.75) is 10.9 Å². The Bertz CT molecular complexity index is 745. The van der Waals surface area contributed by atoms with Crippen LogP contribution in [0.5, 0.6) is 0 Å². The number of hydrogen-bond acceptors (Lipinski definition) is 4. The lowest BCUT2D eigenvalue weighted by Gasteiger charge is -2.13. The summed E-state index contributed by atoms with van der Waals surface area (Å²) in [6.45, 7) is -0.586. The average molecular weight is 358 g/mol.